The Morgan fingerprint density at radius 1 is 1.21 bits per heavy atom. The number of nitrogens with one attached hydrogen (secondary N) is 2. The maximum absolute atomic E-state index is 9.34. The third-order valence-electron chi connectivity index (χ3n) is 4.96. The van der Waals surface area contributed by atoms with Crippen LogP contribution in [0.15, 0.2) is 4.99 Å². The first-order valence-electron chi connectivity index (χ1n) is 9.90. The van der Waals surface area contributed by atoms with Crippen LogP contribution in [0.1, 0.15) is 65.7 Å². The summed E-state index contributed by atoms with van der Waals surface area (Å²) in [7, 11) is 0. The molecule has 1 saturated heterocycles. The molecule has 2 unspecified atom stereocenters. The highest BCUT2D eigenvalue weighted by Gasteiger charge is 2.34. The highest BCUT2D eigenvalue weighted by Crippen LogP contribution is 2.32. The average molecular weight is 342 g/mol. The Hall–Kier alpha value is -0.810. The molecule has 24 heavy (non-hydrogen) atoms. The van der Waals surface area contributed by atoms with Crippen molar-refractivity contribution in [2.45, 2.75) is 65.7 Å². The minimum Gasteiger partial charge on any atom is -0.396 e. The number of hydrogen-bond acceptors (Lipinski definition) is 3. The molecule has 0 aromatic heterocycles. The van der Waals surface area contributed by atoms with Crippen LogP contribution in [0.25, 0.3) is 0 Å². The van der Waals surface area contributed by atoms with Gasteiger partial charge in [0.2, 0.25) is 0 Å². The number of aliphatic hydroxyl groups excluding tert-OH is 1. The summed E-state index contributed by atoms with van der Waals surface area (Å²) in [6.45, 7) is 10.9. The zero-order valence-electron chi connectivity index (χ0n) is 16.1. The fraction of sp³-hybridized carbons (Fsp3) is 0.947. The Kier molecular flexibility index (Phi) is 11.1. The lowest BCUT2D eigenvalue weighted by molar-refractivity contribution is 0.131. The summed E-state index contributed by atoms with van der Waals surface area (Å²) in [5.41, 5.74) is 0.0160. The Labute approximate surface area is 148 Å². The van der Waals surface area contributed by atoms with E-state index in [1.807, 2.05) is 0 Å². The standard InChI is InChI=1S/C19H39N3O2/c1-4-7-9-17(8-5-2)14-21-18(20-6-3)22-15-19(10-12-23)11-13-24-16-19/h17,23H,4-16H2,1-3H3,(H2,20,21,22). The molecule has 1 aliphatic heterocycles. The molecule has 0 aromatic rings. The summed E-state index contributed by atoms with van der Waals surface area (Å²) >= 11 is 0. The molecule has 1 fully saturated rings. The van der Waals surface area contributed by atoms with Gasteiger partial charge in [0.15, 0.2) is 5.96 Å². The van der Waals surface area contributed by atoms with E-state index in [1.54, 1.807) is 0 Å². The molecule has 0 amide bonds. The summed E-state index contributed by atoms with van der Waals surface area (Å²) in [5.74, 6) is 1.62. The molecule has 0 radical (unpaired) electrons. The first kappa shape index (κ1) is 21.2. The molecule has 0 aliphatic carbocycles. The van der Waals surface area contributed by atoms with E-state index < -0.39 is 0 Å². The monoisotopic (exact) mass is 341 g/mol. The van der Waals surface area contributed by atoms with E-state index >= 15 is 0 Å². The number of unbranched alkanes of at least 4 members (excludes halogenated alkanes) is 1. The van der Waals surface area contributed by atoms with Crippen molar-refractivity contribution >= 4 is 5.96 Å². The van der Waals surface area contributed by atoms with Crippen LogP contribution in [0.4, 0.5) is 0 Å². The zero-order chi connectivity index (χ0) is 17.7. The van der Waals surface area contributed by atoms with Gasteiger partial charge in [0.25, 0.3) is 0 Å². The van der Waals surface area contributed by atoms with Crippen LogP contribution in [-0.4, -0.2) is 50.5 Å². The highest BCUT2D eigenvalue weighted by molar-refractivity contribution is 5.79. The van der Waals surface area contributed by atoms with Crippen molar-refractivity contribution in [3.63, 3.8) is 0 Å². The average Bonchev–Trinajstić information content (AvgIpc) is 3.04. The quantitative estimate of drug-likeness (QED) is 0.377. The number of guanidine groups is 1. The van der Waals surface area contributed by atoms with Crippen molar-refractivity contribution in [3.8, 4) is 0 Å². The Morgan fingerprint density at radius 2 is 2.04 bits per heavy atom. The van der Waals surface area contributed by atoms with Gasteiger partial charge in [0.1, 0.15) is 0 Å². The fourth-order valence-corrected chi connectivity index (χ4v) is 3.37. The summed E-state index contributed by atoms with van der Waals surface area (Å²) in [6, 6.07) is 0. The highest BCUT2D eigenvalue weighted by atomic mass is 16.5. The van der Waals surface area contributed by atoms with Crippen LogP contribution >= 0.6 is 0 Å². The first-order chi connectivity index (χ1) is 11.7. The number of nitrogens with zero attached hydrogens (tertiary/aromatic N) is 1. The van der Waals surface area contributed by atoms with E-state index in [2.05, 4.69) is 31.4 Å². The maximum Gasteiger partial charge on any atom is 0.191 e. The number of rotatable bonds is 12. The molecule has 0 aromatic carbocycles. The normalized spacial score (nSPS) is 22.6. The van der Waals surface area contributed by atoms with E-state index in [-0.39, 0.29) is 12.0 Å². The second-order valence-electron chi connectivity index (χ2n) is 7.15. The molecular weight excluding hydrogens is 302 g/mol. The van der Waals surface area contributed by atoms with Crippen LogP contribution in [0.5, 0.6) is 0 Å². The molecule has 5 nitrogen and oxygen atoms in total. The van der Waals surface area contributed by atoms with E-state index in [0.717, 1.165) is 51.0 Å². The molecule has 0 bridgehead atoms. The van der Waals surface area contributed by atoms with E-state index in [4.69, 9.17) is 9.73 Å². The molecular formula is C19H39N3O2. The predicted octanol–water partition coefficient (Wildman–Crippen LogP) is 2.94. The SMILES string of the molecule is CCCCC(CCC)CNC(=NCC1(CCO)CCOC1)NCC. The molecule has 3 N–H and O–H groups in total. The molecule has 1 heterocycles. The van der Waals surface area contributed by atoms with Crippen molar-refractivity contribution in [3.05, 3.63) is 0 Å². The Morgan fingerprint density at radius 3 is 2.62 bits per heavy atom. The van der Waals surface area contributed by atoms with Gasteiger partial charge in [-0.1, -0.05) is 33.1 Å². The second-order valence-corrected chi connectivity index (χ2v) is 7.15. The lowest BCUT2D eigenvalue weighted by Gasteiger charge is -2.25. The third-order valence-corrected chi connectivity index (χ3v) is 4.96. The molecule has 0 spiro atoms. The Bertz CT molecular complexity index is 342. The van der Waals surface area contributed by atoms with Gasteiger partial charge in [-0.3, -0.25) is 4.99 Å². The number of ether oxygens (including phenoxy) is 1. The fourth-order valence-electron chi connectivity index (χ4n) is 3.37. The summed E-state index contributed by atoms with van der Waals surface area (Å²) in [4.78, 5) is 4.80. The minimum absolute atomic E-state index is 0.0160. The first-order valence-corrected chi connectivity index (χ1v) is 9.90. The van der Waals surface area contributed by atoms with E-state index in [0.29, 0.717) is 6.61 Å². The summed E-state index contributed by atoms with van der Waals surface area (Å²) in [6.07, 6.45) is 8.12. The van der Waals surface area contributed by atoms with Crippen molar-refractivity contribution in [1.82, 2.24) is 10.6 Å². The van der Waals surface area contributed by atoms with Gasteiger partial charge in [-0.25, -0.2) is 0 Å². The van der Waals surface area contributed by atoms with Crippen LogP contribution in [0.3, 0.4) is 0 Å². The van der Waals surface area contributed by atoms with Crippen LogP contribution in [-0.2, 0) is 4.74 Å². The molecule has 1 aliphatic rings. The van der Waals surface area contributed by atoms with Crippen LogP contribution in [0.2, 0.25) is 0 Å². The van der Waals surface area contributed by atoms with Gasteiger partial charge in [-0.05, 0) is 38.5 Å². The number of aliphatic hydroxyl groups is 1. The summed E-state index contributed by atoms with van der Waals surface area (Å²) < 4.78 is 5.56. The minimum atomic E-state index is 0.0160. The largest absolute Gasteiger partial charge is 0.396 e. The third kappa shape index (κ3) is 7.84. The number of hydrogen-bond donors (Lipinski definition) is 3. The van der Waals surface area contributed by atoms with Gasteiger partial charge in [0.05, 0.1) is 13.2 Å². The van der Waals surface area contributed by atoms with E-state index in [1.165, 1.54) is 32.1 Å². The molecule has 1 rings (SSSR count). The maximum atomic E-state index is 9.34. The number of aliphatic imine (C=N–C) groups is 1. The van der Waals surface area contributed by atoms with Gasteiger partial charge in [0, 0.05) is 31.7 Å². The van der Waals surface area contributed by atoms with Crippen LogP contribution in [0, 0.1) is 11.3 Å². The van der Waals surface area contributed by atoms with Crippen molar-refractivity contribution in [2.24, 2.45) is 16.3 Å². The smallest absolute Gasteiger partial charge is 0.191 e. The lowest BCUT2D eigenvalue weighted by atomic mass is 9.84. The van der Waals surface area contributed by atoms with Crippen molar-refractivity contribution < 1.29 is 9.84 Å². The topological polar surface area (TPSA) is 65.9 Å². The second kappa shape index (κ2) is 12.5. The Balaban J connectivity index is 2.57. The summed E-state index contributed by atoms with van der Waals surface area (Å²) in [5, 5.41) is 16.2. The molecule has 5 heteroatoms. The van der Waals surface area contributed by atoms with Crippen molar-refractivity contribution in [1.29, 1.82) is 0 Å². The lowest BCUT2D eigenvalue weighted by Crippen LogP contribution is -2.41. The van der Waals surface area contributed by atoms with Gasteiger partial charge >= 0.3 is 0 Å². The van der Waals surface area contributed by atoms with Gasteiger partial charge < -0.3 is 20.5 Å². The van der Waals surface area contributed by atoms with Crippen LogP contribution < -0.4 is 10.6 Å². The molecule has 2 atom stereocenters. The zero-order valence-corrected chi connectivity index (χ0v) is 16.1. The van der Waals surface area contributed by atoms with Crippen molar-refractivity contribution in [2.75, 3.05) is 39.5 Å². The van der Waals surface area contributed by atoms with Gasteiger partial charge in [-0.2, -0.15) is 0 Å². The molecule has 0 saturated carbocycles. The predicted molar refractivity (Wildman–Crippen MR) is 101 cm³/mol. The molecule has 142 valence electrons. The van der Waals surface area contributed by atoms with E-state index in [9.17, 15) is 5.11 Å². The van der Waals surface area contributed by atoms with Gasteiger partial charge in [-0.15, -0.1) is 0 Å².